The maximum Gasteiger partial charge on any atom is 0.311 e. The molecule has 0 amide bonds. The third kappa shape index (κ3) is 2.61. The van der Waals surface area contributed by atoms with Gasteiger partial charge in [0.1, 0.15) is 0 Å². The van der Waals surface area contributed by atoms with Gasteiger partial charge < -0.3 is 10.0 Å². The molecule has 3 rings (SSSR count). The van der Waals surface area contributed by atoms with Gasteiger partial charge in [0, 0.05) is 30.9 Å². The molecule has 1 aliphatic heterocycles. The predicted octanol–water partition coefficient (Wildman–Crippen LogP) is 0.933. The molecule has 0 unspecified atom stereocenters. The van der Waals surface area contributed by atoms with Crippen molar-refractivity contribution < 1.29 is 23.2 Å². The Bertz CT molecular complexity index is 824. The molecule has 2 fully saturated rings. The minimum atomic E-state index is -4.11. The molecule has 24 heavy (non-hydrogen) atoms. The zero-order valence-corrected chi connectivity index (χ0v) is 13.5. The number of sulfonamides is 1. The van der Waals surface area contributed by atoms with Gasteiger partial charge in [-0.1, -0.05) is 6.42 Å². The zero-order valence-electron chi connectivity index (χ0n) is 12.7. The summed E-state index contributed by atoms with van der Waals surface area (Å²) in [5, 5.41) is 25.8. The van der Waals surface area contributed by atoms with Crippen LogP contribution in [0.2, 0.25) is 0 Å². The molecular formula is C14H17N3O6S. The van der Waals surface area contributed by atoms with Crippen LogP contribution in [0.5, 0.6) is 0 Å². The summed E-state index contributed by atoms with van der Waals surface area (Å²) >= 11 is 0. The van der Waals surface area contributed by atoms with Gasteiger partial charge in [-0.15, -0.1) is 0 Å². The topological polar surface area (TPSA) is 144 Å². The molecule has 9 nitrogen and oxygen atoms in total. The normalized spacial score (nSPS) is 26.4. The maximum atomic E-state index is 11.7. The van der Waals surface area contributed by atoms with Crippen molar-refractivity contribution in [2.24, 2.45) is 16.5 Å². The van der Waals surface area contributed by atoms with Gasteiger partial charge in [-0.05, 0) is 24.8 Å². The number of anilines is 1. The van der Waals surface area contributed by atoms with E-state index in [1.165, 1.54) is 12.1 Å². The molecule has 0 spiro atoms. The molecule has 1 aromatic rings. The van der Waals surface area contributed by atoms with Crippen LogP contribution in [0, 0.1) is 21.4 Å². The average molecular weight is 355 g/mol. The summed E-state index contributed by atoms with van der Waals surface area (Å²) in [6.07, 6.45) is 2.17. The second kappa shape index (κ2) is 5.42. The van der Waals surface area contributed by atoms with Gasteiger partial charge in [0.15, 0.2) is 0 Å². The first-order chi connectivity index (χ1) is 11.1. The fourth-order valence-electron chi connectivity index (χ4n) is 3.86. The summed E-state index contributed by atoms with van der Waals surface area (Å²) in [5.41, 5.74) is -0.951. The Morgan fingerprint density at radius 2 is 2.12 bits per heavy atom. The van der Waals surface area contributed by atoms with E-state index in [0.29, 0.717) is 18.7 Å². The van der Waals surface area contributed by atoms with Crippen molar-refractivity contribution in [1.82, 2.24) is 0 Å². The standard InChI is InChI=1S/C14H17N3O6S/c15-24(22,23)12-5-10(4-11(6-12)17(20)21)16-7-9-2-1-3-14(9,8-16)13(18)19/h4-6,9H,1-3,7-8H2,(H,18,19)(H2,15,22,23)/t9-,14+/m0/s1. The summed E-state index contributed by atoms with van der Waals surface area (Å²) in [6, 6.07) is 3.42. The van der Waals surface area contributed by atoms with Crippen LogP contribution in [0.1, 0.15) is 19.3 Å². The molecule has 130 valence electrons. The van der Waals surface area contributed by atoms with Crippen LogP contribution < -0.4 is 10.0 Å². The third-order valence-corrected chi connectivity index (χ3v) is 5.97. The Balaban J connectivity index is 2.03. The van der Waals surface area contributed by atoms with E-state index in [1.807, 2.05) is 0 Å². The molecule has 0 bridgehead atoms. The number of carbonyl (C=O) groups is 1. The number of nitro groups is 1. The SMILES string of the molecule is NS(=O)(=O)c1cc(N2C[C@@H]3CCC[C@@]3(C(=O)O)C2)cc([N+](=O)[O-])c1. The number of non-ortho nitro benzene ring substituents is 1. The molecule has 0 radical (unpaired) electrons. The minimum absolute atomic E-state index is 0.0489. The van der Waals surface area contributed by atoms with Gasteiger partial charge in [-0.3, -0.25) is 14.9 Å². The highest BCUT2D eigenvalue weighted by atomic mass is 32.2. The lowest BCUT2D eigenvalue weighted by molar-refractivity contribution is -0.385. The molecule has 2 atom stereocenters. The van der Waals surface area contributed by atoms with E-state index >= 15 is 0 Å². The smallest absolute Gasteiger partial charge is 0.311 e. The number of rotatable bonds is 4. The number of benzene rings is 1. The summed E-state index contributed by atoms with van der Waals surface area (Å²) in [6.45, 7) is 0.635. The van der Waals surface area contributed by atoms with Gasteiger partial charge in [0.2, 0.25) is 10.0 Å². The number of nitrogens with two attached hydrogens (primary N) is 1. The van der Waals surface area contributed by atoms with Gasteiger partial charge in [-0.25, -0.2) is 13.6 Å². The van der Waals surface area contributed by atoms with Crippen LogP contribution in [0.15, 0.2) is 23.1 Å². The molecule has 1 aliphatic carbocycles. The first kappa shape index (κ1) is 16.7. The highest BCUT2D eigenvalue weighted by Gasteiger charge is 2.55. The Kier molecular flexibility index (Phi) is 3.76. The number of hydrogen-bond donors (Lipinski definition) is 2. The van der Waals surface area contributed by atoms with Gasteiger partial charge >= 0.3 is 5.97 Å². The quantitative estimate of drug-likeness (QED) is 0.604. The molecule has 1 aromatic carbocycles. The highest BCUT2D eigenvalue weighted by molar-refractivity contribution is 7.89. The van der Waals surface area contributed by atoms with Crippen LogP contribution in [-0.4, -0.2) is 37.5 Å². The van der Waals surface area contributed by atoms with E-state index in [9.17, 15) is 28.4 Å². The van der Waals surface area contributed by atoms with Crippen LogP contribution in [-0.2, 0) is 14.8 Å². The highest BCUT2D eigenvalue weighted by Crippen LogP contribution is 2.50. The van der Waals surface area contributed by atoms with E-state index in [2.05, 4.69) is 0 Å². The van der Waals surface area contributed by atoms with Gasteiger partial charge in [-0.2, -0.15) is 0 Å². The number of nitrogens with zero attached hydrogens (tertiary/aromatic N) is 2. The summed E-state index contributed by atoms with van der Waals surface area (Å²) in [7, 11) is -4.11. The van der Waals surface area contributed by atoms with E-state index < -0.39 is 32.0 Å². The Morgan fingerprint density at radius 3 is 2.67 bits per heavy atom. The van der Waals surface area contributed by atoms with Crippen molar-refractivity contribution in [3.05, 3.63) is 28.3 Å². The van der Waals surface area contributed by atoms with Crippen LogP contribution in [0.3, 0.4) is 0 Å². The predicted molar refractivity (Wildman–Crippen MR) is 84.1 cm³/mol. The van der Waals surface area contributed by atoms with Crippen molar-refractivity contribution in [3.8, 4) is 0 Å². The van der Waals surface area contributed by atoms with Gasteiger partial charge in [0.05, 0.1) is 15.2 Å². The second-order valence-corrected chi connectivity index (χ2v) is 7.98. The first-order valence-corrected chi connectivity index (χ1v) is 8.99. The first-order valence-electron chi connectivity index (χ1n) is 7.44. The molecule has 1 saturated carbocycles. The summed E-state index contributed by atoms with van der Waals surface area (Å²) in [5.74, 6) is -0.920. The van der Waals surface area contributed by atoms with Crippen molar-refractivity contribution >= 4 is 27.4 Å². The largest absolute Gasteiger partial charge is 0.481 e. The number of fused-ring (bicyclic) bond motifs is 1. The Morgan fingerprint density at radius 1 is 1.42 bits per heavy atom. The minimum Gasteiger partial charge on any atom is -0.481 e. The molecule has 2 aliphatic rings. The summed E-state index contributed by atoms with van der Waals surface area (Å²) in [4.78, 5) is 23.5. The fraction of sp³-hybridized carbons (Fsp3) is 0.500. The molecule has 0 aromatic heterocycles. The average Bonchev–Trinajstić information content (AvgIpc) is 3.03. The number of carboxylic acid groups (broad SMARTS) is 1. The number of carboxylic acids is 1. The molecular weight excluding hydrogens is 338 g/mol. The summed E-state index contributed by atoms with van der Waals surface area (Å²) < 4.78 is 23.2. The molecule has 1 saturated heterocycles. The van der Waals surface area contributed by atoms with Crippen LogP contribution in [0.4, 0.5) is 11.4 Å². The fourth-order valence-corrected chi connectivity index (χ4v) is 4.43. The lowest BCUT2D eigenvalue weighted by atomic mass is 9.81. The zero-order chi connectivity index (χ0) is 17.7. The van der Waals surface area contributed by atoms with E-state index in [-0.39, 0.29) is 17.4 Å². The van der Waals surface area contributed by atoms with E-state index in [0.717, 1.165) is 18.9 Å². The number of primary sulfonamides is 1. The van der Waals surface area contributed by atoms with E-state index in [4.69, 9.17) is 5.14 Å². The van der Waals surface area contributed by atoms with E-state index in [1.54, 1.807) is 4.90 Å². The van der Waals surface area contributed by atoms with Crippen LogP contribution in [0.25, 0.3) is 0 Å². The number of aliphatic carboxylic acids is 1. The Hall–Kier alpha value is -2.20. The molecule has 1 heterocycles. The van der Waals surface area contributed by atoms with Gasteiger partial charge in [0.25, 0.3) is 5.69 Å². The monoisotopic (exact) mass is 355 g/mol. The van der Waals surface area contributed by atoms with Crippen molar-refractivity contribution in [3.63, 3.8) is 0 Å². The number of hydrogen-bond acceptors (Lipinski definition) is 6. The lowest BCUT2D eigenvalue weighted by Gasteiger charge is -2.24. The lowest BCUT2D eigenvalue weighted by Crippen LogP contribution is -2.35. The van der Waals surface area contributed by atoms with Crippen molar-refractivity contribution in [2.45, 2.75) is 24.2 Å². The maximum absolute atomic E-state index is 11.7. The second-order valence-electron chi connectivity index (χ2n) is 6.42. The van der Waals surface area contributed by atoms with Crippen molar-refractivity contribution in [1.29, 1.82) is 0 Å². The van der Waals surface area contributed by atoms with Crippen molar-refractivity contribution in [2.75, 3.05) is 18.0 Å². The number of nitro benzene ring substituents is 1. The Labute approximate surface area is 138 Å². The molecule has 3 N–H and O–H groups in total. The van der Waals surface area contributed by atoms with Crippen LogP contribution >= 0.6 is 0 Å². The third-order valence-electron chi connectivity index (χ3n) is 5.08. The molecule has 10 heteroatoms.